The standard InChI is InChI=1S/C2H4N2O6.3C2H4/c5-3(6)9-1-2-10-4(7)8;3*1-2/h1-2H2;3*1-2H2. The molecule has 0 atom stereocenters. The molecule has 0 fully saturated rings. The average Bonchev–Trinajstić information content (AvgIpc) is 2.32. The van der Waals surface area contributed by atoms with Crippen LogP contribution in [0.25, 0.3) is 0 Å². The van der Waals surface area contributed by atoms with E-state index in [9.17, 15) is 20.2 Å². The van der Waals surface area contributed by atoms with E-state index in [4.69, 9.17) is 0 Å². The van der Waals surface area contributed by atoms with Gasteiger partial charge in [0.05, 0.1) is 0 Å². The van der Waals surface area contributed by atoms with Crippen LogP contribution in [0.5, 0.6) is 0 Å². The Labute approximate surface area is 93.7 Å². The number of hydrogen-bond acceptors (Lipinski definition) is 6. The zero-order valence-electron chi connectivity index (χ0n) is 9.00. The molecule has 8 heteroatoms. The van der Waals surface area contributed by atoms with Crippen molar-refractivity contribution < 1.29 is 19.8 Å². The fraction of sp³-hybridized carbons (Fsp3) is 0.250. The molecule has 0 aromatic heterocycles. The third-order valence-electron chi connectivity index (χ3n) is 0.477. The monoisotopic (exact) mass is 236 g/mol. The molecular weight excluding hydrogens is 220 g/mol. The summed E-state index contributed by atoms with van der Waals surface area (Å²) in [6.07, 6.45) is 0. The van der Waals surface area contributed by atoms with Crippen LogP contribution in [0, 0.1) is 20.2 Å². The Morgan fingerprint density at radius 1 is 0.750 bits per heavy atom. The van der Waals surface area contributed by atoms with E-state index >= 15 is 0 Å². The highest BCUT2D eigenvalue weighted by atomic mass is 17.0. The van der Waals surface area contributed by atoms with Crippen LogP contribution in [0.4, 0.5) is 0 Å². The molecule has 0 aliphatic heterocycles. The van der Waals surface area contributed by atoms with Gasteiger partial charge in [-0.25, -0.2) is 0 Å². The second-order valence-corrected chi connectivity index (χ2v) is 1.11. The summed E-state index contributed by atoms with van der Waals surface area (Å²) in [5, 5.41) is 16.7. The van der Waals surface area contributed by atoms with Crippen LogP contribution in [0.3, 0.4) is 0 Å². The third-order valence-corrected chi connectivity index (χ3v) is 0.477. The molecule has 0 aliphatic carbocycles. The van der Waals surface area contributed by atoms with Gasteiger partial charge in [-0.15, -0.1) is 59.7 Å². The molecule has 0 amide bonds. The quantitative estimate of drug-likeness (QED) is 0.312. The Morgan fingerprint density at radius 2 is 0.938 bits per heavy atom. The van der Waals surface area contributed by atoms with E-state index in [0.717, 1.165) is 0 Å². The lowest BCUT2D eigenvalue weighted by molar-refractivity contribution is -0.780. The van der Waals surface area contributed by atoms with Crippen LogP contribution in [0.2, 0.25) is 0 Å². The molecule has 0 aromatic rings. The maximum Gasteiger partial charge on any atom is 0.294 e. The summed E-state index contributed by atoms with van der Waals surface area (Å²) >= 11 is 0. The lowest BCUT2D eigenvalue weighted by atomic mass is 10.8. The molecule has 0 aliphatic rings. The molecule has 0 saturated carbocycles. The fourth-order valence-electron chi connectivity index (χ4n) is 0.224. The molecule has 0 spiro atoms. The molecule has 8 nitrogen and oxygen atoms in total. The first-order chi connectivity index (χ1) is 7.63. The second-order valence-electron chi connectivity index (χ2n) is 1.11. The van der Waals surface area contributed by atoms with Crippen molar-refractivity contribution in [3.63, 3.8) is 0 Å². The minimum Gasteiger partial charge on any atom is -0.312 e. The average molecular weight is 236 g/mol. The van der Waals surface area contributed by atoms with E-state index in [1.165, 1.54) is 0 Å². The van der Waals surface area contributed by atoms with Gasteiger partial charge >= 0.3 is 0 Å². The van der Waals surface area contributed by atoms with Gasteiger partial charge in [-0.3, -0.25) is 0 Å². The van der Waals surface area contributed by atoms with Crippen LogP contribution >= 0.6 is 0 Å². The van der Waals surface area contributed by atoms with Crippen LogP contribution in [-0.2, 0) is 9.68 Å². The highest BCUT2D eigenvalue weighted by Gasteiger charge is 1.96. The first-order valence-electron chi connectivity index (χ1n) is 3.67. The Balaban J connectivity index is -0.000000103. The molecule has 0 aromatic carbocycles. The zero-order chi connectivity index (χ0) is 14.0. The van der Waals surface area contributed by atoms with Gasteiger partial charge in [0.15, 0.2) is 0 Å². The molecule has 16 heavy (non-hydrogen) atoms. The topological polar surface area (TPSA) is 105 Å². The Morgan fingerprint density at radius 3 is 1.06 bits per heavy atom. The van der Waals surface area contributed by atoms with Crippen molar-refractivity contribution in [3.05, 3.63) is 59.7 Å². The second kappa shape index (κ2) is 29.3. The predicted octanol–water partition coefficient (Wildman–Crippen LogP) is 1.81. The van der Waals surface area contributed by atoms with Crippen molar-refractivity contribution >= 4 is 0 Å². The van der Waals surface area contributed by atoms with Crippen LogP contribution in [0.1, 0.15) is 0 Å². The van der Waals surface area contributed by atoms with Gasteiger partial charge in [0.2, 0.25) is 0 Å². The minimum absolute atomic E-state index is 0.437. The Kier molecular flexibility index (Phi) is 43.0. The largest absolute Gasteiger partial charge is 0.312 e. The summed E-state index contributed by atoms with van der Waals surface area (Å²) in [4.78, 5) is 26.2. The van der Waals surface area contributed by atoms with E-state index in [1.807, 2.05) is 0 Å². The van der Waals surface area contributed by atoms with Crippen molar-refractivity contribution in [2.45, 2.75) is 0 Å². The van der Waals surface area contributed by atoms with Gasteiger partial charge in [-0.05, 0) is 0 Å². The summed E-state index contributed by atoms with van der Waals surface area (Å²) in [6, 6.07) is 0. The van der Waals surface area contributed by atoms with Crippen molar-refractivity contribution in [2.75, 3.05) is 13.2 Å². The smallest absolute Gasteiger partial charge is 0.294 e. The molecule has 0 radical (unpaired) electrons. The van der Waals surface area contributed by atoms with E-state index in [-0.39, 0.29) is 0 Å². The van der Waals surface area contributed by atoms with Gasteiger partial charge in [-0.1, -0.05) is 0 Å². The van der Waals surface area contributed by atoms with Crippen molar-refractivity contribution in [1.29, 1.82) is 0 Å². The first-order valence-corrected chi connectivity index (χ1v) is 3.67. The number of hydrogen-bond donors (Lipinski definition) is 0. The summed E-state index contributed by atoms with van der Waals surface area (Å²) < 4.78 is 0. The Bertz CT molecular complexity index is 155. The normalized spacial score (nSPS) is 6.00. The molecule has 0 heterocycles. The SMILES string of the molecule is C=C.C=C.C=C.O=[N+]([O-])OCCO[N+](=O)[O-]. The Hall–Kier alpha value is -2.38. The van der Waals surface area contributed by atoms with Crippen LogP contribution in [-0.4, -0.2) is 23.4 Å². The summed E-state index contributed by atoms with van der Waals surface area (Å²) in [6.45, 7) is 17.1. The van der Waals surface area contributed by atoms with Crippen molar-refractivity contribution in [1.82, 2.24) is 0 Å². The molecular formula is C8H16N2O6. The van der Waals surface area contributed by atoms with Gasteiger partial charge in [-0.2, -0.15) is 0 Å². The molecule has 0 unspecified atom stereocenters. The van der Waals surface area contributed by atoms with Crippen molar-refractivity contribution in [2.24, 2.45) is 0 Å². The molecule has 0 saturated heterocycles. The maximum atomic E-state index is 9.40. The summed E-state index contributed by atoms with van der Waals surface area (Å²) in [7, 11) is 0. The highest BCUT2D eigenvalue weighted by Crippen LogP contribution is 1.77. The van der Waals surface area contributed by atoms with Crippen LogP contribution in [0.15, 0.2) is 39.5 Å². The predicted molar refractivity (Wildman–Crippen MR) is 59.7 cm³/mol. The van der Waals surface area contributed by atoms with Gasteiger partial charge < -0.3 is 9.68 Å². The number of nitrogens with zero attached hydrogens (tertiary/aromatic N) is 2. The zero-order valence-corrected chi connectivity index (χ0v) is 9.00. The van der Waals surface area contributed by atoms with Crippen molar-refractivity contribution in [3.8, 4) is 0 Å². The summed E-state index contributed by atoms with van der Waals surface area (Å²) in [5.74, 6) is 0. The molecule has 0 rings (SSSR count). The van der Waals surface area contributed by atoms with E-state index in [2.05, 4.69) is 49.1 Å². The fourth-order valence-corrected chi connectivity index (χ4v) is 0.224. The highest BCUT2D eigenvalue weighted by molar-refractivity contribution is 4.22. The third kappa shape index (κ3) is 61.4. The maximum absolute atomic E-state index is 9.40. The lowest BCUT2D eigenvalue weighted by Crippen LogP contribution is -2.11. The summed E-state index contributed by atoms with van der Waals surface area (Å²) in [5.41, 5.74) is 0. The van der Waals surface area contributed by atoms with E-state index < -0.39 is 23.4 Å². The molecule has 94 valence electrons. The minimum atomic E-state index is -1.05. The van der Waals surface area contributed by atoms with Gasteiger partial charge in [0.25, 0.3) is 10.2 Å². The molecule has 0 bridgehead atoms. The first kappa shape index (κ1) is 23.4. The van der Waals surface area contributed by atoms with Crippen LogP contribution < -0.4 is 0 Å². The molecule has 0 N–H and O–H groups in total. The lowest BCUT2D eigenvalue weighted by Gasteiger charge is -1.95. The van der Waals surface area contributed by atoms with Gasteiger partial charge in [0, 0.05) is 0 Å². The van der Waals surface area contributed by atoms with E-state index in [1.54, 1.807) is 0 Å². The van der Waals surface area contributed by atoms with E-state index in [0.29, 0.717) is 0 Å². The number of rotatable bonds is 5. The van der Waals surface area contributed by atoms with Gasteiger partial charge in [0.1, 0.15) is 13.2 Å².